The molecule has 0 spiro atoms. The Morgan fingerprint density at radius 2 is 2.05 bits per heavy atom. The predicted molar refractivity (Wildman–Crippen MR) is 88.3 cm³/mol. The number of piperidine rings is 1. The first kappa shape index (κ1) is 15.3. The lowest BCUT2D eigenvalue weighted by molar-refractivity contribution is -0.138. The number of aryl methyl sites for hydroxylation is 1. The van der Waals surface area contributed by atoms with Crippen LogP contribution < -0.4 is 0 Å². The Labute approximate surface area is 132 Å². The molecule has 3 rings (SSSR count). The third kappa shape index (κ3) is 3.25. The molecule has 2 atom stereocenters. The van der Waals surface area contributed by atoms with E-state index in [0.29, 0.717) is 13.1 Å². The number of rotatable bonds is 2. The van der Waals surface area contributed by atoms with Crippen molar-refractivity contribution in [2.75, 3.05) is 13.1 Å². The third-order valence-corrected chi connectivity index (χ3v) is 5.24. The molecule has 3 heteroatoms. The van der Waals surface area contributed by atoms with E-state index in [2.05, 4.69) is 6.92 Å². The van der Waals surface area contributed by atoms with Gasteiger partial charge in [-0.25, -0.2) is 0 Å². The highest BCUT2D eigenvalue weighted by molar-refractivity contribution is 5.91. The van der Waals surface area contributed by atoms with Gasteiger partial charge in [0.15, 0.2) is 0 Å². The molecule has 118 valence electrons. The van der Waals surface area contributed by atoms with Gasteiger partial charge < -0.3 is 10.0 Å². The highest BCUT2D eigenvalue weighted by atomic mass is 16.3. The average Bonchev–Trinajstić information content (AvgIpc) is 2.53. The number of nitrogens with zero attached hydrogens (tertiary/aromatic N) is 1. The molecule has 1 aliphatic carbocycles. The van der Waals surface area contributed by atoms with Gasteiger partial charge in [0.25, 0.3) is 0 Å². The van der Waals surface area contributed by atoms with Gasteiger partial charge in [-0.1, -0.05) is 42.7 Å². The van der Waals surface area contributed by atoms with Gasteiger partial charge in [-0.15, -0.1) is 0 Å². The Balaban J connectivity index is 1.62. The number of aliphatic hydroxyl groups is 1. The van der Waals surface area contributed by atoms with Gasteiger partial charge in [-0.05, 0) is 37.8 Å². The summed E-state index contributed by atoms with van der Waals surface area (Å²) in [4.78, 5) is 14.3. The highest BCUT2D eigenvalue weighted by Gasteiger charge is 2.43. The number of hydrogen-bond acceptors (Lipinski definition) is 2. The van der Waals surface area contributed by atoms with E-state index >= 15 is 0 Å². The van der Waals surface area contributed by atoms with Crippen molar-refractivity contribution < 1.29 is 9.90 Å². The molecule has 2 fully saturated rings. The fourth-order valence-corrected chi connectivity index (χ4v) is 3.72. The van der Waals surface area contributed by atoms with E-state index in [0.717, 1.165) is 31.2 Å². The fourth-order valence-electron chi connectivity index (χ4n) is 3.72. The van der Waals surface area contributed by atoms with E-state index in [4.69, 9.17) is 0 Å². The zero-order chi connectivity index (χ0) is 15.6. The van der Waals surface area contributed by atoms with Gasteiger partial charge >= 0.3 is 0 Å². The molecule has 22 heavy (non-hydrogen) atoms. The second-order valence-corrected chi connectivity index (χ2v) is 6.82. The molecule has 0 aromatic heterocycles. The molecule has 1 saturated heterocycles. The van der Waals surface area contributed by atoms with E-state index in [1.54, 1.807) is 6.08 Å². The van der Waals surface area contributed by atoms with Crippen molar-refractivity contribution in [2.24, 2.45) is 5.92 Å². The fraction of sp³-hybridized carbons (Fsp3) is 0.526. The summed E-state index contributed by atoms with van der Waals surface area (Å²) in [5.41, 5.74) is 1.75. The molecule has 1 aromatic carbocycles. The van der Waals surface area contributed by atoms with Gasteiger partial charge in [-0.2, -0.15) is 0 Å². The van der Waals surface area contributed by atoms with Gasteiger partial charge in [-0.3, -0.25) is 4.79 Å². The Hall–Kier alpha value is -1.61. The van der Waals surface area contributed by atoms with E-state index in [1.807, 2.05) is 35.2 Å². The first-order valence-electron chi connectivity index (χ1n) is 8.33. The second-order valence-electron chi connectivity index (χ2n) is 6.82. The molecule has 2 unspecified atom stereocenters. The monoisotopic (exact) mass is 299 g/mol. The van der Waals surface area contributed by atoms with Crippen LogP contribution in [0, 0.1) is 12.8 Å². The summed E-state index contributed by atoms with van der Waals surface area (Å²) in [6.45, 7) is 3.43. The summed E-state index contributed by atoms with van der Waals surface area (Å²) in [6.07, 6.45) is 8.51. The van der Waals surface area contributed by atoms with Gasteiger partial charge in [0.05, 0.1) is 5.60 Å². The van der Waals surface area contributed by atoms with E-state index in [-0.39, 0.29) is 11.8 Å². The Morgan fingerprint density at radius 1 is 1.27 bits per heavy atom. The van der Waals surface area contributed by atoms with Crippen molar-refractivity contribution in [1.29, 1.82) is 0 Å². The highest BCUT2D eigenvalue weighted by Crippen LogP contribution is 2.39. The van der Waals surface area contributed by atoms with Gasteiger partial charge in [0, 0.05) is 25.1 Å². The average molecular weight is 299 g/mol. The molecule has 1 amide bonds. The largest absolute Gasteiger partial charge is 0.389 e. The molecule has 2 aliphatic rings. The van der Waals surface area contributed by atoms with Crippen LogP contribution in [0.15, 0.2) is 30.3 Å². The van der Waals surface area contributed by atoms with Crippen LogP contribution >= 0.6 is 0 Å². The van der Waals surface area contributed by atoms with E-state index in [9.17, 15) is 9.90 Å². The van der Waals surface area contributed by atoms with Crippen LogP contribution in [0.25, 0.3) is 6.08 Å². The second kappa shape index (κ2) is 6.25. The number of fused-ring (bicyclic) bond motifs is 1. The van der Waals surface area contributed by atoms with Gasteiger partial charge in [0.2, 0.25) is 5.91 Å². The van der Waals surface area contributed by atoms with Crippen molar-refractivity contribution in [3.05, 3.63) is 41.5 Å². The van der Waals surface area contributed by atoms with Crippen LogP contribution in [-0.4, -0.2) is 34.6 Å². The summed E-state index contributed by atoms with van der Waals surface area (Å²) >= 11 is 0. The molecule has 0 bridgehead atoms. The molecular weight excluding hydrogens is 274 g/mol. The van der Waals surface area contributed by atoms with Crippen LogP contribution in [-0.2, 0) is 4.79 Å². The first-order chi connectivity index (χ1) is 10.6. The zero-order valence-electron chi connectivity index (χ0n) is 13.3. The van der Waals surface area contributed by atoms with Crippen LogP contribution in [0.1, 0.15) is 43.2 Å². The van der Waals surface area contributed by atoms with Crippen molar-refractivity contribution >= 4 is 12.0 Å². The number of hydrogen-bond donors (Lipinski definition) is 1. The summed E-state index contributed by atoms with van der Waals surface area (Å²) in [7, 11) is 0. The normalized spacial score (nSPS) is 28.6. The van der Waals surface area contributed by atoms with Crippen LogP contribution in [0.4, 0.5) is 0 Å². The minimum absolute atomic E-state index is 0.0631. The van der Waals surface area contributed by atoms with Crippen molar-refractivity contribution in [2.45, 2.75) is 44.6 Å². The number of amides is 1. The molecule has 1 aliphatic heterocycles. The molecule has 1 N–H and O–H groups in total. The minimum atomic E-state index is -0.518. The van der Waals surface area contributed by atoms with E-state index < -0.39 is 5.60 Å². The quantitative estimate of drug-likeness (QED) is 0.852. The maximum absolute atomic E-state index is 12.4. The van der Waals surface area contributed by atoms with Crippen molar-refractivity contribution in [3.63, 3.8) is 0 Å². The standard InChI is InChI=1S/C19H25NO2/c1-15-5-7-16(8-6-15)9-10-18(21)20-13-12-19(22)11-3-2-4-17(19)14-20/h5-10,17,22H,2-4,11-14H2,1H3/b10-9+. The Kier molecular flexibility index (Phi) is 4.34. The lowest BCUT2D eigenvalue weighted by Crippen LogP contribution is -2.54. The molecule has 0 radical (unpaired) electrons. The third-order valence-electron chi connectivity index (χ3n) is 5.24. The van der Waals surface area contributed by atoms with Crippen LogP contribution in [0.3, 0.4) is 0 Å². The van der Waals surface area contributed by atoms with Crippen LogP contribution in [0.2, 0.25) is 0 Å². The summed E-state index contributed by atoms with van der Waals surface area (Å²) in [5.74, 6) is 0.319. The molecule has 1 heterocycles. The summed E-state index contributed by atoms with van der Waals surface area (Å²) in [6, 6.07) is 8.14. The summed E-state index contributed by atoms with van der Waals surface area (Å²) in [5, 5.41) is 10.7. The lowest BCUT2D eigenvalue weighted by Gasteiger charge is -2.47. The SMILES string of the molecule is Cc1ccc(/C=C/C(=O)N2CCC3(O)CCCCC3C2)cc1. The molecule has 3 nitrogen and oxygen atoms in total. The number of carbonyl (C=O) groups is 1. The number of carbonyl (C=O) groups excluding carboxylic acids is 1. The summed E-state index contributed by atoms with van der Waals surface area (Å²) < 4.78 is 0. The lowest BCUT2D eigenvalue weighted by atomic mass is 9.71. The smallest absolute Gasteiger partial charge is 0.246 e. The topological polar surface area (TPSA) is 40.5 Å². The number of benzene rings is 1. The van der Waals surface area contributed by atoms with Gasteiger partial charge in [0.1, 0.15) is 0 Å². The maximum Gasteiger partial charge on any atom is 0.246 e. The first-order valence-corrected chi connectivity index (χ1v) is 8.33. The van der Waals surface area contributed by atoms with Crippen molar-refractivity contribution in [1.82, 2.24) is 4.90 Å². The Morgan fingerprint density at radius 3 is 2.82 bits per heavy atom. The molecular formula is C19H25NO2. The van der Waals surface area contributed by atoms with Crippen molar-refractivity contribution in [3.8, 4) is 0 Å². The Bertz CT molecular complexity index is 563. The zero-order valence-corrected chi connectivity index (χ0v) is 13.3. The van der Waals surface area contributed by atoms with Crippen LogP contribution in [0.5, 0.6) is 0 Å². The molecule has 1 saturated carbocycles. The predicted octanol–water partition coefficient (Wildman–Crippen LogP) is 3.16. The van der Waals surface area contributed by atoms with E-state index in [1.165, 1.54) is 12.0 Å². The number of likely N-dealkylation sites (tertiary alicyclic amines) is 1. The minimum Gasteiger partial charge on any atom is -0.389 e. The molecule has 1 aromatic rings. The maximum atomic E-state index is 12.4.